The van der Waals surface area contributed by atoms with Crippen molar-refractivity contribution < 1.29 is 4.74 Å². The van der Waals surface area contributed by atoms with Crippen molar-refractivity contribution in [1.82, 2.24) is 0 Å². The molecular formula is C37H30Cl2N2O. The Morgan fingerprint density at radius 3 is 2.64 bits per heavy atom. The third kappa shape index (κ3) is 5.19. The van der Waals surface area contributed by atoms with Crippen molar-refractivity contribution in [3.8, 4) is 5.75 Å². The van der Waals surface area contributed by atoms with Crippen LogP contribution in [0.15, 0.2) is 114 Å². The predicted octanol–water partition coefficient (Wildman–Crippen LogP) is 10.6. The van der Waals surface area contributed by atoms with Crippen molar-refractivity contribution >= 4 is 51.6 Å². The molecule has 1 heterocycles. The van der Waals surface area contributed by atoms with Crippen molar-refractivity contribution in [1.29, 1.82) is 0 Å². The number of halogens is 2. The zero-order valence-corrected chi connectivity index (χ0v) is 24.7. The molecule has 0 amide bonds. The van der Waals surface area contributed by atoms with Crippen LogP contribution in [0.5, 0.6) is 5.75 Å². The van der Waals surface area contributed by atoms with Crippen LogP contribution in [0.1, 0.15) is 46.2 Å². The van der Waals surface area contributed by atoms with E-state index in [9.17, 15) is 0 Å². The second kappa shape index (κ2) is 11.3. The van der Waals surface area contributed by atoms with Gasteiger partial charge in [0.25, 0.3) is 0 Å². The number of aryl methyl sites for hydroxylation is 1. The Kier molecular flexibility index (Phi) is 7.23. The third-order valence-electron chi connectivity index (χ3n) is 8.44. The van der Waals surface area contributed by atoms with Crippen molar-refractivity contribution in [2.24, 2.45) is 10.9 Å². The van der Waals surface area contributed by atoms with Crippen molar-refractivity contribution in [2.75, 3.05) is 5.32 Å². The Labute approximate surface area is 256 Å². The van der Waals surface area contributed by atoms with Crippen LogP contribution >= 0.6 is 23.2 Å². The standard InChI is InChI=1S/C37H30Cl2N2O/c1-23-9-17-35-32(19-23)30-7-4-8-31(30)37(41-35)25-11-15-28(16-12-25)40-21-33-29-6-3-2-5-24(29)13-18-36(33)42-22-26-10-14-27(38)20-34(26)39/h2-7,9-21,30-31,37,41H,8,22H2,1H3/t30-,31-,37-/m1/s1. The van der Waals surface area contributed by atoms with Gasteiger partial charge in [-0.25, -0.2) is 0 Å². The highest BCUT2D eigenvalue weighted by Gasteiger charge is 2.37. The molecule has 42 heavy (non-hydrogen) atoms. The van der Waals surface area contributed by atoms with Gasteiger partial charge in [-0.2, -0.15) is 0 Å². The van der Waals surface area contributed by atoms with E-state index in [1.54, 1.807) is 6.07 Å². The average molecular weight is 590 g/mol. The van der Waals surface area contributed by atoms with Gasteiger partial charge in [-0.05, 0) is 77.6 Å². The van der Waals surface area contributed by atoms with E-state index in [0.717, 1.165) is 39.8 Å². The van der Waals surface area contributed by atoms with E-state index in [0.29, 0.717) is 28.5 Å². The molecule has 7 rings (SSSR count). The van der Waals surface area contributed by atoms with Gasteiger partial charge >= 0.3 is 0 Å². The summed E-state index contributed by atoms with van der Waals surface area (Å²) in [5.41, 5.74) is 7.95. The Hall–Kier alpha value is -4.05. The summed E-state index contributed by atoms with van der Waals surface area (Å²) in [6, 6.07) is 33.4. The number of fused-ring (bicyclic) bond motifs is 4. The Morgan fingerprint density at radius 1 is 0.929 bits per heavy atom. The van der Waals surface area contributed by atoms with E-state index in [-0.39, 0.29) is 6.04 Å². The lowest BCUT2D eigenvalue weighted by atomic mass is 9.76. The molecule has 208 valence electrons. The van der Waals surface area contributed by atoms with E-state index in [1.165, 1.54) is 22.4 Å². The first-order valence-corrected chi connectivity index (χ1v) is 15.1. The van der Waals surface area contributed by atoms with Crippen molar-refractivity contribution in [3.05, 3.63) is 147 Å². The number of nitrogens with one attached hydrogen (secondary N) is 1. The molecule has 0 aromatic heterocycles. The first kappa shape index (κ1) is 26.8. The molecule has 5 aromatic carbocycles. The zero-order valence-electron chi connectivity index (χ0n) is 23.2. The summed E-state index contributed by atoms with van der Waals surface area (Å²) in [4.78, 5) is 4.89. The van der Waals surface area contributed by atoms with Crippen molar-refractivity contribution in [2.45, 2.75) is 31.9 Å². The minimum atomic E-state index is 0.260. The lowest BCUT2D eigenvalue weighted by Gasteiger charge is -2.37. The number of hydrogen-bond acceptors (Lipinski definition) is 3. The fourth-order valence-corrected chi connectivity index (χ4v) is 6.74. The van der Waals surface area contributed by atoms with Gasteiger partial charge in [-0.3, -0.25) is 4.99 Å². The quantitative estimate of drug-likeness (QED) is 0.158. The molecule has 1 aliphatic carbocycles. The van der Waals surface area contributed by atoms with Crippen LogP contribution < -0.4 is 10.1 Å². The number of hydrogen-bond donors (Lipinski definition) is 1. The molecule has 0 fully saturated rings. The van der Waals surface area contributed by atoms with Crippen LogP contribution in [0.4, 0.5) is 11.4 Å². The van der Waals surface area contributed by atoms with Crippen LogP contribution in [0.3, 0.4) is 0 Å². The number of ether oxygens (including phenoxy) is 1. The van der Waals surface area contributed by atoms with Crippen LogP contribution in [-0.4, -0.2) is 6.21 Å². The maximum atomic E-state index is 6.40. The van der Waals surface area contributed by atoms with E-state index < -0.39 is 0 Å². The van der Waals surface area contributed by atoms with Crippen LogP contribution in [0.25, 0.3) is 10.8 Å². The second-order valence-corrected chi connectivity index (χ2v) is 12.0. The highest BCUT2D eigenvalue weighted by atomic mass is 35.5. The SMILES string of the molecule is Cc1ccc2c(c1)[C@@H]1C=CC[C@H]1[C@@H](c1ccc(N=Cc3c(OCc4ccc(Cl)cc4Cl)ccc4ccccc34)cc1)N2. The number of benzene rings is 5. The summed E-state index contributed by atoms with van der Waals surface area (Å²) in [5.74, 6) is 1.72. The van der Waals surface area contributed by atoms with Crippen LogP contribution in [0, 0.1) is 12.8 Å². The van der Waals surface area contributed by atoms with E-state index in [2.05, 4.69) is 85.1 Å². The highest BCUT2D eigenvalue weighted by Crippen LogP contribution is 2.50. The molecule has 5 aromatic rings. The Balaban J connectivity index is 1.15. The molecule has 5 heteroatoms. The predicted molar refractivity (Wildman–Crippen MR) is 176 cm³/mol. The van der Waals surface area contributed by atoms with Gasteiger partial charge in [0, 0.05) is 39.0 Å². The largest absolute Gasteiger partial charge is 0.488 e. The Bertz CT molecular complexity index is 1840. The molecule has 0 bridgehead atoms. The van der Waals surface area contributed by atoms with Gasteiger partial charge in [-0.15, -0.1) is 0 Å². The number of rotatable bonds is 6. The van der Waals surface area contributed by atoms with Crippen LogP contribution in [-0.2, 0) is 6.61 Å². The summed E-state index contributed by atoms with van der Waals surface area (Å²) in [5, 5.41) is 7.24. The topological polar surface area (TPSA) is 33.6 Å². The molecule has 0 radical (unpaired) electrons. The van der Waals surface area contributed by atoms with Gasteiger partial charge in [0.05, 0.1) is 11.7 Å². The Morgan fingerprint density at radius 2 is 1.79 bits per heavy atom. The molecule has 0 unspecified atom stereocenters. The van der Waals surface area contributed by atoms with Gasteiger partial charge in [-0.1, -0.05) is 102 Å². The molecular weight excluding hydrogens is 559 g/mol. The molecule has 3 atom stereocenters. The molecule has 0 saturated heterocycles. The minimum absolute atomic E-state index is 0.260. The van der Waals surface area contributed by atoms with Gasteiger partial charge in [0.2, 0.25) is 0 Å². The maximum Gasteiger partial charge on any atom is 0.129 e. The van der Waals surface area contributed by atoms with Gasteiger partial charge in [0.15, 0.2) is 0 Å². The number of allylic oxidation sites excluding steroid dienone is 2. The molecule has 3 nitrogen and oxygen atoms in total. The fraction of sp³-hybridized carbons (Fsp3) is 0.162. The van der Waals surface area contributed by atoms with Crippen LogP contribution in [0.2, 0.25) is 10.0 Å². The summed E-state index contributed by atoms with van der Waals surface area (Å²) < 4.78 is 6.28. The van der Waals surface area contributed by atoms with Gasteiger partial charge < -0.3 is 10.1 Å². The zero-order chi connectivity index (χ0) is 28.6. The molecule has 2 aliphatic rings. The van der Waals surface area contributed by atoms with E-state index in [1.807, 2.05) is 36.5 Å². The molecule has 0 saturated carbocycles. The monoisotopic (exact) mass is 588 g/mol. The first-order chi connectivity index (χ1) is 20.5. The number of aliphatic imine (C=N–C) groups is 1. The second-order valence-electron chi connectivity index (χ2n) is 11.1. The highest BCUT2D eigenvalue weighted by molar-refractivity contribution is 6.35. The van der Waals surface area contributed by atoms with E-state index in [4.69, 9.17) is 32.9 Å². The maximum absolute atomic E-state index is 6.40. The summed E-state index contributed by atoms with van der Waals surface area (Å²) in [6.45, 7) is 2.50. The normalized spacial score (nSPS) is 19.1. The molecule has 1 aliphatic heterocycles. The average Bonchev–Trinajstić information content (AvgIpc) is 3.50. The summed E-state index contributed by atoms with van der Waals surface area (Å²) in [7, 11) is 0. The van der Waals surface area contributed by atoms with Crippen molar-refractivity contribution in [3.63, 3.8) is 0 Å². The lowest BCUT2D eigenvalue weighted by Crippen LogP contribution is -2.29. The van der Waals surface area contributed by atoms with Gasteiger partial charge in [0.1, 0.15) is 12.4 Å². The first-order valence-electron chi connectivity index (χ1n) is 14.3. The number of anilines is 1. The summed E-state index contributed by atoms with van der Waals surface area (Å²) >= 11 is 12.5. The smallest absolute Gasteiger partial charge is 0.129 e. The summed E-state index contributed by atoms with van der Waals surface area (Å²) in [6.07, 6.45) is 7.72. The minimum Gasteiger partial charge on any atom is -0.488 e. The molecule has 0 spiro atoms. The lowest BCUT2D eigenvalue weighted by molar-refractivity contribution is 0.306. The number of nitrogens with zero attached hydrogens (tertiary/aromatic N) is 1. The fourth-order valence-electron chi connectivity index (χ4n) is 6.28. The van der Waals surface area contributed by atoms with E-state index >= 15 is 0 Å². The third-order valence-corrected chi connectivity index (χ3v) is 9.03. The molecule has 1 N–H and O–H groups in total.